The molecule has 0 radical (unpaired) electrons. The lowest BCUT2D eigenvalue weighted by Crippen LogP contribution is -2.49. The molecule has 19 heavy (non-hydrogen) atoms. The molecule has 1 unspecified atom stereocenters. The van der Waals surface area contributed by atoms with Gasteiger partial charge in [-0.2, -0.15) is 0 Å². The van der Waals surface area contributed by atoms with Gasteiger partial charge in [0.2, 0.25) is 0 Å². The smallest absolute Gasteiger partial charge is 0.0220 e. The van der Waals surface area contributed by atoms with Gasteiger partial charge in [0.25, 0.3) is 0 Å². The molecule has 0 spiro atoms. The van der Waals surface area contributed by atoms with Gasteiger partial charge >= 0.3 is 0 Å². The maximum atomic E-state index is 3.60. The van der Waals surface area contributed by atoms with Crippen LogP contribution >= 0.6 is 0 Å². The van der Waals surface area contributed by atoms with Crippen molar-refractivity contribution in [3.8, 4) is 0 Å². The van der Waals surface area contributed by atoms with Crippen LogP contribution in [0.1, 0.15) is 44.9 Å². The number of hydrogen-bond donors (Lipinski definition) is 1. The Balaban J connectivity index is 1.76. The Morgan fingerprint density at radius 2 is 1.68 bits per heavy atom. The quantitative estimate of drug-likeness (QED) is 0.824. The first-order valence-electron chi connectivity index (χ1n) is 8.26. The van der Waals surface area contributed by atoms with Crippen molar-refractivity contribution in [2.75, 3.05) is 40.8 Å². The van der Waals surface area contributed by atoms with Crippen molar-refractivity contribution in [1.29, 1.82) is 0 Å². The molecule has 2 rings (SSSR count). The van der Waals surface area contributed by atoms with Gasteiger partial charge in [0.15, 0.2) is 0 Å². The zero-order valence-corrected chi connectivity index (χ0v) is 13.2. The van der Waals surface area contributed by atoms with Crippen LogP contribution in [0.5, 0.6) is 0 Å². The molecule has 2 aliphatic rings. The highest BCUT2D eigenvalue weighted by atomic mass is 15.2. The number of piperidine rings is 1. The summed E-state index contributed by atoms with van der Waals surface area (Å²) in [4.78, 5) is 5.09. The Bertz CT molecular complexity index is 240. The van der Waals surface area contributed by atoms with E-state index in [9.17, 15) is 0 Å². The Hall–Kier alpha value is -0.120. The molecular formula is C16H33N3. The molecule has 1 heterocycles. The second-order valence-corrected chi connectivity index (χ2v) is 6.79. The van der Waals surface area contributed by atoms with Gasteiger partial charge in [-0.25, -0.2) is 0 Å². The normalized spacial score (nSPS) is 25.9. The van der Waals surface area contributed by atoms with Crippen LogP contribution in [0.3, 0.4) is 0 Å². The highest BCUT2D eigenvalue weighted by Crippen LogP contribution is 2.27. The zero-order valence-electron chi connectivity index (χ0n) is 13.2. The summed E-state index contributed by atoms with van der Waals surface area (Å²) in [5.74, 6) is 0.922. The van der Waals surface area contributed by atoms with Crippen LogP contribution in [0, 0.1) is 5.92 Å². The topological polar surface area (TPSA) is 18.5 Å². The van der Waals surface area contributed by atoms with E-state index in [0.717, 1.165) is 18.0 Å². The molecule has 0 aromatic carbocycles. The number of nitrogens with one attached hydrogen (secondary N) is 1. The summed E-state index contributed by atoms with van der Waals surface area (Å²) >= 11 is 0. The molecule has 1 aliphatic carbocycles. The third kappa shape index (κ3) is 4.44. The molecule has 0 bridgehead atoms. The molecule has 0 aromatic rings. The van der Waals surface area contributed by atoms with Crippen LogP contribution in [0.2, 0.25) is 0 Å². The average molecular weight is 267 g/mol. The Labute approximate surface area is 119 Å². The lowest BCUT2D eigenvalue weighted by molar-refractivity contribution is 0.120. The SMILES string of the molecule is CNC(CN1CCC(N(C)C)CC1)C1CCCCC1. The molecule has 2 fully saturated rings. The second kappa shape index (κ2) is 7.61. The second-order valence-electron chi connectivity index (χ2n) is 6.79. The van der Waals surface area contributed by atoms with E-state index < -0.39 is 0 Å². The highest BCUT2D eigenvalue weighted by Gasteiger charge is 2.27. The van der Waals surface area contributed by atoms with Crippen LogP contribution < -0.4 is 5.32 Å². The molecule has 1 N–H and O–H groups in total. The first kappa shape index (κ1) is 15.3. The van der Waals surface area contributed by atoms with E-state index in [1.54, 1.807) is 0 Å². The van der Waals surface area contributed by atoms with Crippen molar-refractivity contribution in [2.45, 2.75) is 57.0 Å². The lowest BCUT2D eigenvalue weighted by Gasteiger charge is -2.39. The summed E-state index contributed by atoms with van der Waals surface area (Å²) in [6, 6.07) is 1.52. The van der Waals surface area contributed by atoms with E-state index in [0.29, 0.717) is 0 Å². The molecule has 3 heteroatoms. The number of hydrogen-bond acceptors (Lipinski definition) is 3. The monoisotopic (exact) mass is 267 g/mol. The summed E-state index contributed by atoms with van der Waals surface area (Å²) in [5, 5.41) is 3.60. The van der Waals surface area contributed by atoms with Crippen LogP contribution in [-0.4, -0.2) is 62.7 Å². The van der Waals surface area contributed by atoms with E-state index in [2.05, 4.69) is 36.3 Å². The van der Waals surface area contributed by atoms with E-state index in [1.807, 2.05) is 0 Å². The molecule has 1 saturated heterocycles. The van der Waals surface area contributed by atoms with Crippen molar-refractivity contribution in [1.82, 2.24) is 15.1 Å². The van der Waals surface area contributed by atoms with Gasteiger partial charge < -0.3 is 15.1 Å². The highest BCUT2D eigenvalue weighted by molar-refractivity contribution is 4.84. The minimum atomic E-state index is 0.719. The van der Waals surface area contributed by atoms with Crippen molar-refractivity contribution < 1.29 is 0 Å². The standard InChI is InChI=1S/C16H33N3/c1-17-16(14-7-5-4-6-8-14)13-19-11-9-15(10-12-19)18(2)3/h14-17H,4-13H2,1-3H3. The van der Waals surface area contributed by atoms with E-state index >= 15 is 0 Å². The van der Waals surface area contributed by atoms with Gasteiger partial charge in [-0.15, -0.1) is 0 Å². The van der Waals surface area contributed by atoms with Crippen molar-refractivity contribution in [3.63, 3.8) is 0 Å². The Morgan fingerprint density at radius 3 is 2.21 bits per heavy atom. The van der Waals surface area contributed by atoms with E-state index in [1.165, 1.54) is 64.6 Å². The van der Waals surface area contributed by atoms with Crippen LogP contribution in [-0.2, 0) is 0 Å². The largest absolute Gasteiger partial charge is 0.315 e. The third-order valence-corrected chi connectivity index (χ3v) is 5.33. The predicted octanol–water partition coefficient (Wildman–Crippen LogP) is 2.18. The molecule has 1 saturated carbocycles. The molecule has 112 valence electrons. The first-order valence-corrected chi connectivity index (χ1v) is 8.26. The number of nitrogens with zero attached hydrogens (tertiary/aromatic N) is 2. The minimum Gasteiger partial charge on any atom is -0.315 e. The fraction of sp³-hybridized carbons (Fsp3) is 1.00. The van der Waals surface area contributed by atoms with E-state index in [-0.39, 0.29) is 0 Å². The van der Waals surface area contributed by atoms with E-state index in [4.69, 9.17) is 0 Å². The zero-order chi connectivity index (χ0) is 13.7. The van der Waals surface area contributed by atoms with Gasteiger partial charge in [-0.05, 0) is 65.8 Å². The molecule has 3 nitrogen and oxygen atoms in total. The van der Waals surface area contributed by atoms with Crippen LogP contribution in [0.15, 0.2) is 0 Å². The maximum absolute atomic E-state index is 3.60. The summed E-state index contributed by atoms with van der Waals surface area (Å²) in [6.07, 6.45) is 9.93. The van der Waals surface area contributed by atoms with Crippen LogP contribution in [0.25, 0.3) is 0 Å². The lowest BCUT2D eigenvalue weighted by atomic mass is 9.83. The fourth-order valence-corrected chi connectivity index (χ4v) is 3.91. The molecule has 0 aromatic heterocycles. The molecule has 1 aliphatic heterocycles. The first-order chi connectivity index (χ1) is 9.20. The molecule has 1 atom stereocenters. The maximum Gasteiger partial charge on any atom is 0.0220 e. The predicted molar refractivity (Wildman–Crippen MR) is 82.6 cm³/mol. The van der Waals surface area contributed by atoms with Gasteiger partial charge in [0, 0.05) is 18.6 Å². The van der Waals surface area contributed by atoms with Gasteiger partial charge in [-0.1, -0.05) is 19.3 Å². The molecular weight excluding hydrogens is 234 g/mol. The summed E-state index contributed by atoms with van der Waals surface area (Å²) < 4.78 is 0. The number of likely N-dealkylation sites (tertiary alicyclic amines) is 1. The Kier molecular flexibility index (Phi) is 6.11. The average Bonchev–Trinajstić information content (AvgIpc) is 2.46. The van der Waals surface area contributed by atoms with Crippen molar-refractivity contribution in [2.24, 2.45) is 5.92 Å². The summed E-state index contributed by atoms with van der Waals surface area (Å²) in [6.45, 7) is 3.84. The van der Waals surface area contributed by atoms with Crippen LogP contribution in [0.4, 0.5) is 0 Å². The third-order valence-electron chi connectivity index (χ3n) is 5.33. The van der Waals surface area contributed by atoms with Gasteiger partial charge in [-0.3, -0.25) is 0 Å². The Morgan fingerprint density at radius 1 is 1.05 bits per heavy atom. The summed E-state index contributed by atoms with van der Waals surface area (Å²) in [7, 11) is 6.60. The molecule has 0 amide bonds. The van der Waals surface area contributed by atoms with Gasteiger partial charge in [0.05, 0.1) is 0 Å². The number of likely N-dealkylation sites (N-methyl/N-ethyl adjacent to an activating group) is 1. The minimum absolute atomic E-state index is 0.719. The number of rotatable bonds is 5. The fourth-order valence-electron chi connectivity index (χ4n) is 3.91. The van der Waals surface area contributed by atoms with Crippen molar-refractivity contribution in [3.05, 3.63) is 0 Å². The van der Waals surface area contributed by atoms with Crippen molar-refractivity contribution >= 4 is 0 Å². The summed E-state index contributed by atoms with van der Waals surface area (Å²) in [5.41, 5.74) is 0. The van der Waals surface area contributed by atoms with Gasteiger partial charge in [0.1, 0.15) is 0 Å².